The Morgan fingerprint density at radius 1 is 1.10 bits per heavy atom. The number of benzene rings is 1. The highest BCUT2D eigenvalue weighted by atomic mass is 16.6. The Morgan fingerprint density at radius 3 is 2.50 bits per heavy atom. The van der Waals surface area contributed by atoms with Crippen molar-refractivity contribution >= 4 is 7.32 Å². The van der Waals surface area contributed by atoms with Gasteiger partial charge in [-0.1, -0.05) is 32.9 Å². The van der Waals surface area contributed by atoms with Crippen LogP contribution in [0.3, 0.4) is 0 Å². The quantitative estimate of drug-likeness (QED) is 0.841. The minimum Gasteiger partial charge on any atom is -0.512 e. The summed E-state index contributed by atoms with van der Waals surface area (Å²) in [7, 11) is -1.82. The van der Waals surface area contributed by atoms with Crippen LogP contribution in [0, 0.1) is 0 Å². The van der Waals surface area contributed by atoms with Gasteiger partial charge in [0.05, 0.1) is 5.69 Å². The number of hydrogen-bond acceptors (Lipinski definition) is 4. The third kappa shape index (κ3) is 3.59. The SMILES string of the molecule is CC(C)(C)c1ccnc(-c2cccc(OB(O)O)c2)c1. The third-order valence-electron chi connectivity index (χ3n) is 3.00. The number of hydrogen-bond donors (Lipinski definition) is 2. The largest absolute Gasteiger partial charge is 0.707 e. The summed E-state index contributed by atoms with van der Waals surface area (Å²) in [5, 5.41) is 17.7. The summed E-state index contributed by atoms with van der Waals surface area (Å²) in [5.41, 5.74) is 2.94. The van der Waals surface area contributed by atoms with E-state index in [9.17, 15) is 0 Å². The van der Waals surface area contributed by atoms with E-state index in [0.717, 1.165) is 11.3 Å². The summed E-state index contributed by atoms with van der Waals surface area (Å²) >= 11 is 0. The smallest absolute Gasteiger partial charge is 0.512 e. The molecule has 0 radical (unpaired) electrons. The average Bonchev–Trinajstić information content (AvgIpc) is 2.37. The molecule has 0 aliphatic carbocycles. The van der Waals surface area contributed by atoms with E-state index < -0.39 is 7.32 Å². The molecule has 20 heavy (non-hydrogen) atoms. The molecule has 2 rings (SSSR count). The van der Waals surface area contributed by atoms with Crippen LogP contribution in [-0.4, -0.2) is 22.4 Å². The van der Waals surface area contributed by atoms with Crippen LogP contribution in [0.2, 0.25) is 0 Å². The van der Waals surface area contributed by atoms with Gasteiger partial charge >= 0.3 is 7.32 Å². The van der Waals surface area contributed by atoms with Crippen LogP contribution in [0.15, 0.2) is 42.6 Å². The van der Waals surface area contributed by atoms with E-state index in [1.54, 1.807) is 24.4 Å². The third-order valence-corrected chi connectivity index (χ3v) is 3.00. The van der Waals surface area contributed by atoms with E-state index in [2.05, 4.69) is 25.8 Å². The molecule has 0 bridgehead atoms. The summed E-state index contributed by atoms with van der Waals surface area (Å²) in [4.78, 5) is 4.36. The van der Waals surface area contributed by atoms with E-state index in [1.165, 1.54) is 5.56 Å². The van der Waals surface area contributed by atoms with Crippen LogP contribution in [-0.2, 0) is 5.41 Å². The lowest BCUT2D eigenvalue weighted by Gasteiger charge is -2.19. The summed E-state index contributed by atoms with van der Waals surface area (Å²) in [6.45, 7) is 6.44. The molecule has 0 unspecified atom stereocenters. The van der Waals surface area contributed by atoms with Crippen molar-refractivity contribution in [2.45, 2.75) is 26.2 Å². The van der Waals surface area contributed by atoms with Crippen LogP contribution < -0.4 is 4.65 Å². The molecule has 1 heterocycles. The van der Waals surface area contributed by atoms with Gasteiger partial charge < -0.3 is 14.7 Å². The first kappa shape index (κ1) is 14.6. The molecular weight excluding hydrogens is 253 g/mol. The second-order valence-corrected chi connectivity index (χ2v) is 5.65. The first-order chi connectivity index (χ1) is 9.36. The minimum absolute atomic E-state index is 0.0487. The second-order valence-electron chi connectivity index (χ2n) is 5.65. The van der Waals surface area contributed by atoms with Crippen LogP contribution in [0.5, 0.6) is 5.75 Å². The zero-order valence-corrected chi connectivity index (χ0v) is 11.9. The average molecular weight is 271 g/mol. The van der Waals surface area contributed by atoms with E-state index in [4.69, 9.17) is 14.7 Å². The zero-order valence-electron chi connectivity index (χ0n) is 11.9. The Bertz CT molecular complexity index is 594. The van der Waals surface area contributed by atoms with E-state index in [1.807, 2.05) is 18.2 Å². The molecule has 104 valence electrons. The Labute approximate surface area is 119 Å². The monoisotopic (exact) mass is 271 g/mol. The van der Waals surface area contributed by atoms with Gasteiger partial charge in [-0.05, 0) is 35.2 Å². The highest BCUT2D eigenvalue weighted by molar-refractivity contribution is 6.33. The predicted octanol–water partition coefficient (Wildman–Crippen LogP) is 2.39. The Kier molecular flexibility index (Phi) is 4.11. The molecule has 1 aromatic carbocycles. The topological polar surface area (TPSA) is 62.6 Å². The molecule has 2 N–H and O–H groups in total. The zero-order chi connectivity index (χ0) is 14.8. The maximum Gasteiger partial charge on any atom is 0.707 e. The van der Waals surface area contributed by atoms with Crippen molar-refractivity contribution in [2.75, 3.05) is 0 Å². The van der Waals surface area contributed by atoms with Gasteiger partial charge in [0.25, 0.3) is 0 Å². The molecule has 0 aliphatic rings. The van der Waals surface area contributed by atoms with Gasteiger partial charge in [-0.15, -0.1) is 0 Å². The van der Waals surface area contributed by atoms with Crippen molar-refractivity contribution in [3.63, 3.8) is 0 Å². The van der Waals surface area contributed by atoms with Gasteiger partial charge in [0.15, 0.2) is 0 Å². The lowest BCUT2D eigenvalue weighted by atomic mass is 9.87. The first-order valence-electron chi connectivity index (χ1n) is 6.46. The van der Waals surface area contributed by atoms with E-state index in [0.29, 0.717) is 5.75 Å². The molecule has 2 aromatic rings. The fraction of sp³-hybridized carbons (Fsp3) is 0.267. The number of rotatable bonds is 3. The molecule has 0 amide bonds. The maximum atomic E-state index is 8.84. The molecular formula is C15H18BNO3. The predicted molar refractivity (Wildman–Crippen MR) is 79.2 cm³/mol. The summed E-state index contributed by atoms with van der Waals surface area (Å²) < 4.78 is 4.86. The van der Waals surface area contributed by atoms with Crippen LogP contribution >= 0.6 is 0 Å². The molecule has 1 aromatic heterocycles. The Morgan fingerprint density at radius 2 is 1.85 bits per heavy atom. The van der Waals surface area contributed by atoms with Crippen molar-refractivity contribution in [3.8, 4) is 17.0 Å². The standard InChI is InChI=1S/C15H18BNO3/c1-15(2,3)12-7-8-17-14(10-12)11-5-4-6-13(9-11)20-16(18)19/h4-10,18-19H,1-3H3. The molecule has 0 saturated heterocycles. The molecule has 0 aliphatic heterocycles. The van der Waals surface area contributed by atoms with Gasteiger partial charge in [0.1, 0.15) is 5.75 Å². The maximum absolute atomic E-state index is 8.84. The normalized spacial score (nSPS) is 11.2. The number of pyridine rings is 1. The molecule has 0 spiro atoms. The minimum atomic E-state index is -1.82. The van der Waals surface area contributed by atoms with Crippen molar-refractivity contribution < 1.29 is 14.7 Å². The molecule has 4 nitrogen and oxygen atoms in total. The summed E-state index contributed by atoms with van der Waals surface area (Å²) in [6.07, 6.45) is 1.78. The van der Waals surface area contributed by atoms with Crippen LogP contribution in [0.25, 0.3) is 11.3 Å². The van der Waals surface area contributed by atoms with Gasteiger partial charge in [0.2, 0.25) is 0 Å². The molecule has 0 saturated carbocycles. The number of aromatic nitrogens is 1. The van der Waals surface area contributed by atoms with Crippen molar-refractivity contribution in [3.05, 3.63) is 48.2 Å². The van der Waals surface area contributed by atoms with E-state index >= 15 is 0 Å². The molecule has 5 heteroatoms. The van der Waals surface area contributed by atoms with Crippen molar-refractivity contribution in [1.82, 2.24) is 4.98 Å². The highest BCUT2D eigenvalue weighted by Crippen LogP contribution is 2.27. The second kappa shape index (κ2) is 5.65. The van der Waals surface area contributed by atoms with Crippen molar-refractivity contribution in [2.24, 2.45) is 0 Å². The van der Waals surface area contributed by atoms with Crippen LogP contribution in [0.4, 0.5) is 0 Å². The summed E-state index contributed by atoms with van der Waals surface area (Å²) in [6, 6.07) is 11.1. The summed E-state index contributed by atoms with van der Waals surface area (Å²) in [5.74, 6) is 0.389. The molecule has 0 atom stereocenters. The fourth-order valence-corrected chi connectivity index (χ4v) is 1.91. The van der Waals surface area contributed by atoms with Gasteiger partial charge in [0, 0.05) is 11.8 Å². The lowest BCUT2D eigenvalue weighted by Crippen LogP contribution is -2.20. The fourth-order valence-electron chi connectivity index (χ4n) is 1.91. The Balaban J connectivity index is 2.36. The highest BCUT2D eigenvalue weighted by Gasteiger charge is 2.15. The lowest BCUT2D eigenvalue weighted by molar-refractivity contribution is 0.288. The van der Waals surface area contributed by atoms with Gasteiger partial charge in [-0.3, -0.25) is 4.98 Å². The van der Waals surface area contributed by atoms with Gasteiger partial charge in [-0.2, -0.15) is 0 Å². The first-order valence-corrected chi connectivity index (χ1v) is 6.46. The van der Waals surface area contributed by atoms with Crippen molar-refractivity contribution in [1.29, 1.82) is 0 Å². The number of nitrogens with zero attached hydrogens (tertiary/aromatic N) is 1. The Hall–Kier alpha value is -1.85. The molecule has 0 fully saturated rings. The van der Waals surface area contributed by atoms with E-state index in [-0.39, 0.29) is 5.41 Å². The van der Waals surface area contributed by atoms with Gasteiger partial charge in [-0.25, -0.2) is 0 Å². The van der Waals surface area contributed by atoms with Crippen LogP contribution in [0.1, 0.15) is 26.3 Å².